The van der Waals surface area contributed by atoms with Gasteiger partial charge in [-0.3, -0.25) is 4.79 Å². The molecule has 0 heterocycles. The van der Waals surface area contributed by atoms with E-state index in [1.807, 2.05) is 0 Å². The molecule has 0 aromatic carbocycles. The third-order valence-corrected chi connectivity index (χ3v) is 2.47. The van der Waals surface area contributed by atoms with Gasteiger partial charge in [-0.25, -0.2) is 0 Å². The van der Waals surface area contributed by atoms with Crippen LogP contribution in [0.5, 0.6) is 0 Å². The van der Waals surface area contributed by atoms with Gasteiger partial charge in [-0.2, -0.15) is 0 Å². The van der Waals surface area contributed by atoms with E-state index in [4.69, 9.17) is 10.8 Å². The summed E-state index contributed by atoms with van der Waals surface area (Å²) in [4.78, 5) is 10.7. The van der Waals surface area contributed by atoms with Crippen LogP contribution < -0.4 is 5.73 Å². The molecule has 3 heteroatoms. The number of rotatable bonds is 1. The van der Waals surface area contributed by atoms with Crippen molar-refractivity contribution < 1.29 is 9.90 Å². The second-order valence-electron chi connectivity index (χ2n) is 4.30. The molecule has 0 unspecified atom stereocenters. The Morgan fingerprint density at radius 3 is 2.18 bits per heavy atom. The van der Waals surface area contributed by atoms with Crippen LogP contribution in [0.3, 0.4) is 0 Å². The SMILES string of the molecule is CC1(C)CC[C@@](N)(C(=O)O)C1. The summed E-state index contributed by atoms with van der Waals surface area (Å²) in [5, 5.41) is 8.78. The zero-order chi connectivity index (χ0) is 8.70. The summed E-state index contributed by atoms with van der Waals surface area (Å²) < 4.78 is 0. The molecule has 0 radical (unpaired) electrons. The highest BCUT2D eigenvalue weighted by Crippen LogP contribution is 2.42. The Morgan fingerprint density at radius 2 is 2.00 bits per heavy atom. The van der Waals surface area contributed by atoms with Crippen LogP contribution in [0.1, 0.15) is 33.1 Å². The van der Waals surface area contributed by atoms with Crippen molar-refractivity contribution in [2.75, 3.05) is 0 Å². The Hall–Kier alpha value is -0.570. The number of carboxylic acid groups (broad SMARTS) is 1. The van der Waals surface area contributed by atoms with Gasteiger partial charge in [-0.05, 0) is 24.7 Å². The number of aliphatic carboxylic acids is 1. The average Bonchev–Trinajstić information content (AvgIpc) is 2.08. The monoisotopic (exact) mass is 157 g/mol. The molecule has 3 nitrogen and oxygen atoms in total. The van der Waals surface area contributed by atoms with Gasteiger partial charge in [0.05, 0.1) is 0 Å². The lowest BCUT2D eigenvalue weighted by molar-refractivity contribution is -0.143. The van der Waals surface area contributed by atoms with Gasteiger partial charge in [0.1, 0.15) is 5.54 Å². The molecule has 64 valence electrons. The smallest absolute Gasteiger partial charge is 0.323 e. The molecule has 3 N–H and O–H groups in total. The van der Waals surface area contributed by atoms with E-state index in [1.165, 1.54) is 0 Å². The summed E-state index contributed by atoms with van der Waals surface area (Å²) in [6.45, 7) is 4.12. The second kappa shape index (κ2) is 2.21. The zero-order valence-corrected chi connectivity index (χ0v) is 7.05. The van der Waals surface area contributed by atoms with Crippen molar-refractivity contribution in [3.05, 3.63) is 0 Å². The molecule has 0 spiro atoms. The lowest BCUT2D eigenvalue weighted by Gasteiger charge is -2.21. The van der Waals surface area contributed by atoms with Crippen LogP contribution in [0.2, 0.25) is 0 Å². The fraction of sp³-hybridized carbons (Fsp3) is 0.875. The minimum Gasteiger partial charge on any atom is -0.480 e. The predicted octanol–water partition coefficient (Wildman–Crippen LogP) is 0.979. The molecule has 1 rings (SSSR count). The van der Waals surface area contributed by atoms with Gasteiger partial charge in [-0.15, -0.1) is 0 Å². The predicted molar refractivity (Wildman–Crippen MR) is 42.2 cm³/mol. The second-order valence-corrected chi connectivity index (χ2v) is 4.30. The van der Waals surface area contributed by atoms with Crippen LogP contribution in [0.15, 0.2) is 0 Å². The summed E-state index contributed by atoms with van der Waals surface area (Å²) >= 11 is 0. The van der Waals surface area contributed by atoms with E-state index in [9.17, 15) is 4.79 Å². The Bertz CT molecular complexity index is 189. The van der Waals surface area contributed by atoms with Crippen molar-refractivity contribution in [1.29, 1.82) is 0 Å². The van der Waals surface area contributed by atoms with Gasteiger partial charge in [0.25, 0.3) is 0 Å². The quantitative estimate of drug-likeness (QED) is 0.596. The molecule has 1 fully saturated rings. The van der Waals surface area contributed by atoms with Crippen LogP contribution in [0.4, 0.5) is 0 Å². The molecule has 1 aliphatic rings. The van der Waals surface area contributed by atoms with Gasteiger partial charge in [0, 0.05) is 0 Å². The summed E-state index contributed by atoms with van der Waals surface area (Å²) in [5.41, 5.74) is 4.83. The number of carboxylic acids is 1. The highest BCUT2D eigenvalue weighted by molar-refractivity contribution is 5.79. The molecule has 0 bridgehead atoms. The normalized spacial score (nSPS) is 35.5. The van der Waals surface area contributed by atoms with Gasteiger partial charge in [0.15, 0.2) is 0 Å². The minimum atomic E-state index is -0.955. The number of carbonyl (C=O) groups is 1. The summed E-state index contributed by atoms with van der Waals surface area (Å²) in [5.74, 6) is -0.858. The van der Waals surface area contributed by atoms with E-state index in [1.54, 1.807) is 0 Å². The summed E-state index contributed by atoms with van der Waals surface area (Å²) in [6.07, 6.45) is 2.11. The number of nitrogens with two attached hydrogens (primary N) is 1. The minimum absolute atomic E-state index is 0.104. The first-order valence-electron chi connectivity index (χ1n) is 3.88. The highest BCUT2D eigenvalue weighted by Gasteiger charge is 2.45. The molecular formula is C8H15NO2. The van der Waals surface area contributed by atoms with E-state index in [-0.39, 0.29) is 5.41 Å². The fourth-order valence-electron chi connectivity index (χ4n) is 1.77. The maximum absolute atomic E-state index is 10.7. The van der Waals surface area contributed by atoms with Gasteiger partial charge < -0.3 is 10.8 Å². The van der Waals surface area contributed by atoms with E-state index in [0.717, 1.165) is 6.42 Å². The number of hydrogen-bond acceptors (Lipinski definition) is 2. The van der Waals surface area contributed by atoms with Crippen molar-refractivity contribution in [2.24, 2.45) is 11.1 Å². The van der Waals surface area contributed by atoms with Gasteiger partial charge in [0.2, 0.25) is 0 Å². The first-order chi connectivity index (χ1) is 4.86. The van der Waals surface area contributed by atoms with E-state index in [2.05, 4.69) is 13.8 Å². The summed E-state index contributed by atoms with van der Waals surface area (Å²) in [6, 6.07) is 0. The molecule has 0 aliphatic heterocycles. The molecular weight excluding hydrogens is 142 g/mol. The van der Waals surface area contributed by atoms with Crippen LogP contribution in [0.25, 0.3) is 0 Å². The molecule has 0 amide bonds. The van der Waals surface area contributed by atoms with Crippen LogP contribution in [-0.2, 0) is 4.79 Å². The molecule has 1 atom stereocenters. The molecule has 1 saturated carbocycles. The van der Waals surface area contributed by atoms with Crippen molar-refractivity contribution >= 4 is 5.97 Å². The standard InChI is InChI=1S/C8H15NO2/c1-7(2)3-4-8(9,5-7)6(10)11/h3-5,9H2,1-2H3,(H,10,11)/t8-/m0/s1. The Kier molecular flexibility index (Phi) is 1.71. The Morgan fingerprint density at radius 1 is 1.45 bits per heavy atom. The average molecular weight is 157 g/mol. The first kappa shape index (κ1) is 8.53. The molecule has 11 heavy (non-hydrogen) atoms. The molecule has 1 aliphatic carbocycles. The van der Waals surface area contributed by atoms with Gasteiger partial charge >= 0.3 is 5.97 Å². The summed E-state index contributed by atoms with van der Waals surface area (Å²) in [7, 11) is 0. The molecule has 0 saturated heterocycles. The highest BCUT2D eigenvalue weighted by atomic mass is 16.4. The zero-order valence-electron chi connectivity index (χ0n) is 7.05. The van der Waals surface area contributed by atoms with Crippen LogP contribution in [-0.4, -0.2) is 16.6 Å². The third kappa shape index (κ3) is 1.53. The first-order valence-corrected chi connectivity index (χ1v) is 3.88. The van der Waals surface area contributed by atoms with Gasteiger partial charge in [-0.1, -0.05) is 13.8 Å². The Labute approximate surface area is 66.6 Å². The fourth-order valence-corrected chi connectivity index (χ4v) is 1.77. The van der Waals surface area contributed by atoms with E-state index < -0.39 is 11.5 Å². The largest absolute Gasteiger partial charge is 0.480 e. The maximum atomic E-state index is 10.7. The lowest BCUT2D eigenvalue weighted by Crippen LogP contribution is -2.45. The van der Waals surface area contributed by atoms with Crippen LogP contribution in [0, 0.1) is 5.41 Å². The van der Waals surface area contributed by atoms with Crippen molar-refractivity contribution in [2.45, 2.75) is 38.6 Å². The van der Waals surface area contributed by atoms with E-state index >= 15 is 0 Å². The maximum Gasteiger partial charge on any atom is 0.323 e. The van der Waals surface area contributed by atoms with Crippen molar-refractivity contribution in [1.82, 2.24) is 0 Å². The molecule has 0 aromatic heterocycles. The lowest BCUT2D eigenvalue weighted by atomic mass is 9.88. The van der Waals surface area contributed by atoms with Crippen molar-refractivity contribution in [3.63, 3.8) is 0 Å². The topological polar surface area (TPSA) is 63.3 Å². The number of hydrogen-bond donors (Lipinski definition) is 2. The van der Waals surface area contributed by atoms with E-state index in [0.29, 0.717) is 12.8 Å². The Balaban J connectivity index is 2.73. The molecule has 0 aromatic rings. The van der Waals surface area contributed by atoms with Crippen LogP contribution >= 0.6 is 0 Å². The van der Waals surface area contributed by atoms with Crippen molar-refractivity contribution in [3.8, 4) is 0 Å². The third-order valence-electron chi connectivity index (χ3n) is 2.47.